The maximum absolute atomic E-state index is 12.5. The van der Waals surface area contributed by atoms with Crippen molar-refractivity contribution in [3.05, 3.63) is 74.5 Å². The number of aromatic amines is 1. The average Bonchev–Trinajstić information content (AvgIpc) is 2.72. The lowest BCUT2D eigenvalue weighted by atomic mass is 9.97. The molecule has 2 aromatic rings. The number of carbonyl (C=O) groups is 1. The quantitative estimate of drug-likeness (QED) is 0.736. The van der Waals surface area contributed by atoms with Crippen molar-refractivity contribution in [3.8, 4) is 0 Å². The van der Waals surface area contributed by atoms with E-state index in [1.165, 1.54) is 9.71 Å². The van der Waals surface area contributed by atoms with E-state index in [9.17, 15) is 18.0 Å². The Labute approximate surface area is 176 Å². The molecule has 0 saturated carbocycles. The van der Waals surface area contributed by atoms with Crippen LogP contribution in [-0.4, -0.2) is 36.7 Å². The predicted molar refractivity (Wildman–Crippen MR) is 117 cm³/mol. The SMILES string of the molecule is Cc1cc(C)c(CNC(=O)C2CCN(S(=O)(=O)/C=C/c3ccccc3)CC2)c(=O)[nH]1. The van der Waals surface area contributed by atoms with Crippen molar-refractivity contribution in [1.82, 2.24) is 14.6 Å². The third-order valence-electron chi connectivity index (χ3n) is 5.35. The number of hydrogen-bond acceptors (Lipinski definition) is 4. The second-order valence-electron chi connectivity index (χ2n) is 7.59. The normalized spacial score (nSPS) is 16.1. The highest BCUT2D eigenvalue weighted by Crippen LogP contribution is 2.21. The highest BCUT2D eigenvalue weighted by Gasteiger charge is 2.29. The van der Waals surface area contributed by atoms with Gasteiger partial charge in [-0.15, -0.1) is 0 Å². The highest BCUT2D eigenvalue weighted by molar-refractivity contribution is 7.92. The summed E-state index contributed by atoms with van der Waals surface area (Å²) in [5, 5.41) is 4.05. The summed E-state index contributed by atoms with van der Waals surface area (Å²) in [6.07, 6.45) is 2.48. The number of rotatable bonds is 6. The second kappa shape index (κ2) is 9.40. The van der Waals surface area contributed by atoms with Crippen molar-refractivity contribution >= 4 is 22.0 Å². The Hall–Kier alpha value is -2.71. The lowest BCUT2D eigenvalue weighted by molar-refractivity contribution is -0.126. The zero-order valence-electron chi connectivity index (χ0n) is 17.2. The van der Waals surface area contributed by atoms with E-state index in [4.69, 9.17) is 0 Å². The van der Waals surface area contributed by atoms with Crippen LogP contribution >= 0.6 is 0 Å². The number of nitrogens with one attached hydrogen (secondary N) is 2. The molecule has 7 nitrogen and oxygen atoms in total. The first-order chi connectivity index (χ1) is 14.3. The van der Waals surface area contributed by atoms with Gasteiger partial charge in [0.05, 0.1) is 0 Å². The molecular formula is C22H27N3O4S. The van der Waals surface area contributed by atoms with Crippen LogP contribution in [0.15, 0.2) is 46.6 Å². The van der Waals surface area contributed by atoms with Gasteiger partial charge in [-0.3, -0.25) is 9.59 Å². The monoisotopic (exact) mass is 429 g/mol. The maximum atomic E-state index is 12.5. The van der Waals surface area contributed by atoms with E-state index < -0.39 is 10.0 Å². The Kier molecular flexibility index (Phi) is 6.89. The zero-order valence-corrected chi connectivity index (χ0v) is 18.0. The van der Waals surface area contributed by atoms with Crippen molar-refractivity contribution < 1.29 is 13.2 Å². The van der Waals surface area contributed by atoms with E-state index in [-0.39, 0.29) is 23.9 Å². The van der Waals surface area contributed by atoms with Crippen LogP contribution in [0.4, 0.5) is 0 Å². The van der Waals surface area contributed by atoms with E-state index in [0.29, 0.717) is 31.5 Å². The fourth-order valence-corrected chi connectivity index (χ4v) is 4.83. The Morgan fingerprint density at radius 1 is 1.20 bits per heavy atom. The van der Waals surface area contributed by atoms with Crippen LogP contribution in [0.25, 0.3) is 6.08 Å². The molecule has 1 aliphatic rings. The molecule has 0 atom stereocenters. The lowest BCUT2D eigenvalue weighted by Crippen LogP contribution is -2.42. The van der Waals surface area contributed by atoms with Crippen LogP contribution in [0.5, 0.6) is 0 Å². The molecule has 1 aromatic carbocycles. The molecule has 0 aliphatic carbocycles. The number of hydrogen-bond donors (Lipinski definition) is 2. The summed E-state index contributed by atoms with van der Waals surface area (Å²) in [7, 11) is -3.53. The Morgan fingerprint density at radius 2 is 1.87 bits per heavy atom. The minimum atomic E-state index is -3.53. The van der Waals surface area contributed by atoms with Crippen LogP contribution in [0, 0.1) is 19.8 Å². The van der Waals surface area contributed by atoms with E-state index in [0.717, 1.165) is 16.8 Å². The van der Waals surface area contributed by atoms with Crippen LogP contribution in [0.2, 0.25) is 0 Å². The van der Waals surface area contributed by atoms with E-state index in [1.807, 2.05) is 50.2 Å². The van der Waals surface area contributed by atoms with Gasteiger partial charge in [-0.1, -0.05) is 30.3 Å². The van der Waals surface area contributed by atoms with Crippen molar-refractivity contribution in [3.63, 3.8) is 0 Å². The molecule has 160 valence electrons. The topological polar surface area (TPSA) is 99.3 Å². The molecule has 1 fully saturated rings. The molecule has 1 saturated heterocycles. The van der Waals surface area contributed by atoms with Gasteiger partial charge >= 0.3 is 0 Å². The summed E-state index contributed by atoms with van der Waals surface area (Å²) in [6, 6.07) is 11.1. The number of carbonyl (C=O) groups excluding carboxylic acids is 1. The molecule has 2 N–H and O–H groups in total. The average molecular weight is 430 g/mol. The molecule has 0 unspecified atom stereocenters. The molecule has 3 rings (SSSR count). The third kappa shape index (κ3) is 5.46. The first-order valence-electron chi connectivity index (χ1n) is 9.96. The Bertz CT molecular complexity index is 1080. The summed E-state index contributed by atoms with van der Waals surface area (Å²) >= 11 is 0. The molecule has 1 amide bonds. The summed E-state index contributed by atoms with van der Waals surface area (Å²) in [5.41, 5.74) is 2.78. The number of amides is 1. The summed E-state index contributed by atoms with van der Waals surface area (Å²) in [5.74, 6) is -0.411. The fourth-order valence-electron chi connectivity index (χ4n) is 3.61. The number of H-pyrrole nitrogens is 1. The number of aromatic nitrogens is 1. The number of aryl methyl sites for hydroxylation is 2. The molecular weight excluding hydrogens is 402 g/mol. The third-order valence-corrected chi connectivity index (χ3v) is 6.91. The van der Waals surface area contributed by atoms with Crippen molar-refractivity contribution in [2.45, 2.75) is 33.2 Å². The zero-order chi connectivity index (χ0) is 21.7. The predicted octanol–water partition coefficient (Wildman–Crippen LogP) is 2.32. The van der Waals surface area contributed by atoms with Crippen LogP contribution < -0.4 is 10.9 Å². The maximum Gasteiger partial charge on any atom is 0.253 e. The number of piperidine rings is 1. The van der Waals surface area contributed by atoms with E-state index >= 15 is 0 Å². The van der Waals surface area contributed by atoms with Gasteiger partial charge in [0.25, 0.3) is 5.56 Å². The number of sulfonamides is 1. The van der Waals surface area contributed by atoms with Gasteiger partial charge in [-0.2, -0.15) is 4.31 Å². The van der Waals surface area contributed by atoms with Crippen LogP contribution in [0.1, 0.15) is 35.2 Å². The number of pyridine rings is 1. The Balaban J connectivity index is 1.54. The molecule has 0 bridgehead atoms. The summed E-state index contributed by atoms with van der Waals surface area (Å²) in [6.45, 7) is 4.41. The fraction of sp³-hybridized carbons (Fsp3) is 0.364. The van der Waals surface area contributed by atoms with Crippen molar-refractivity contribution in [2.24, 2.45) is 5.92 Å². The molecule has 2 heterocycles. The van der Waals surface area contributed by atoms with Gasteiger partial charge in [0, 0.05) is 42.2 Å². The smallest absolute Gasteiger partial charge is 0.253 e. The second-order valence-corrected chi connectivity index (χ2v) is 9.41. The first kappa shape index (κ1) is 22.0. The molecule has 0 spiro atoms. The lowest BCUT2D eigenvalue weighted by Gasteiger charge is -2.29. The van der Waals surface area contributed by atoms with E-state index in [1.54, 1.807) is 6.08 Å². The Morgan fingerprint density at radius 3 is 2.50 bits per heavy atom. The summed E-state index contributed by atoms with van der Waals surface area (Å²) in [4.78, 5) is 27.3. The van der Waals surface area contributed by atoms with Crippen molar-refractivity contribution in [1.29, 1.82) is 0 Å². The van der Waals surface area contributed by atoms with Gasteiger partial charge in [0.1, 0.15) is 0 Å². The molecule has 30 heavy (non-hydrogen) atoms. The first-order valence-corrected chi connectivity index (χ1v) is 11.5. The summed E-state index contributed by atoms with van der Waals surface area (Å²) < 4.78 is 26.5. The number of nitrogens with zero attached hydrogens (tertiary/aromatic N) is 1. The van der Waals surface area contributed by atoms with Gasteiger partial charge < -0.3 is 10.3 Å². The standard InChI is InChI=1S/C22H27N3O4S/c1-16-14-17(2)24-22(27)20(16)15-23-21(26)19-8-11-25(12-9-19)30(28,29)13-10-18-6-4-3-5-7-18/h3-7,10,13-14,19H,8-9,11-12,15H2,1-2H3,(H,23,26)(H,24,27)/b13-10+. The van der Waals surface area contributed by atoms with E-state index in [2.05, 4.69) is 10.3 Å². The van der Waals surface area contributed by atoms with Gasteiger partial charge in [-0.05, 0) is 50.0 Å². The van der Waals surface area contributed by atoms with Crippen LogP contribution in [-0.2, 0) is 21.4 Å². The molecule has 8 heteroatoms. The minimum Gasteiger partial charge on any atom is -0.352 e. The van der Waals surface area contributed by atoms with Gasteiger partial charge in [0.2, 0.25) is 15.9 Å². The molecule has 0 radical (unpaired) electrons. The molecule has 1 aliphatic heterocycles. The highest BCUT2D eigenvalue weighted by atomic mass is 32.2. The van der Waals surface area contributed by atoms with Gasteiger partial charge in [0.15, 0.2) is 0 Å². The van der Waals surface area contributed by atoms with Crippen LogP contribution in [0.3, 0.4) is 0 Å². The van der Waals surface area contributed by atoms with Gasteiger partial charge in [-0.25, -0.2) is 8.42 Å². The van der Waals surface area contributed by atoms with Crippen molar-refractivity contribution in [2.75, 3.05) is 13.1 Å². The number of benzene rings is 1. The molecule has 1 aromatic heterocycles. The minimum absolute atomic E-state index is 0.147. The largest absolute Gasteiger partial charge is 0.352 e.